The van der Waals surface area contributed by atoms with E-state index in [1.165, 1.54) is 37.0 Å². The van der Waals surface area contributed by atoms with Gasteiger partial charge in [0.15, 0.2) is 0 Å². The third-order valence-corrected chi connectivity index (χ3v) is 5.20. The molecule has 3 rings (SSSR count). The van der Waals surface area contributed by atoms with Crippen molar-refractivity contribution in [1.29, 1.82) is 0 Å². The number of aryl methyl sites for hydroxylation is 3. The Labute approximate surface area is 118 Å². The van der Waals surface area contributed by atoms with Crippen LogP contribution >= 0.6 is 11.3 Å². The first kappa shape index (κ1) is 12.9. The van der Waals surface area contributed by atoms with Gasteiger partial charge < -0.3 is 5.73 Å². The molecule has 102 valence electrons. The molecule has 1 aliphatic carbocycles. The zero-order valence-corrected chi connectivity index (χ0v) is 12.2. The summed E-state index contributed by atoms with van der Waals surface area (Å²) < 4.78 is 1.84. The number of thiophene rings is 1. The van der Waals surface area contributed by atoms with Gasteiger partial charge in [0.25, 0.3) is 0 Å². The Hall–Kier alpha value is -1.13. The largest absolute Gasteiger partial charge is 0.323 e. The van der Waals surface area contributed by atoms with Crippen LogP contribution in [0.4, 0.5) is 0 Å². The highest BCUT2D eigenvalue weighted by Gasteiger charge is 2.17. The van der Waals surface area contributed by atoms with E-state index in [0.29, 0.717) is 0 Å². The van der Waals surface area contributed by atoms with Crippen molar-refractivity contribution in [3.63, 3.8) is 0 Å². The van der Waals surface area contributed by atoms with Crippen molar-refractivity contribution in [2.45, 2.75) is 44.6 Å². The SMILES string of the molecule is Cn1ccc(CC(N)c2cc3c(s2)CCCCC3)n1. The second-order valence-corrected chi connectivity index (χ2v) is 6.62. The number of aromatic nitrogens is 2. The summed E-state index contributed by atoms with van der Waals surface area (Å²) in [5, 5.41) is 4.41. The van der Waals surface area contributed by atoms with Crippen molar-refractivity contribution in [3.8, 4) is 0 Å². The van der Waals surface area contributed by atoms with Crippen LogP contribution in [0.1, 0.15) is 46.3 Å². The molecule has 2 aromatic rings. The van der Waals surface area contributed by atoms with Gasteiger partial charge in [0, 0.05) is 35.5 Å². The average Bonchev–Trinajstić information content (AvgIpc) is 2.91. The van der Waals surface area contributed by atoms with Gasteiger partial charge in [-0.25, -0.2) is 0 Å². The molecule has 2 aromatic heterocycles. The molecule has 1 unspecified atom stereocenters. The van der Waals surface area contributed by atoms with Crippen molar-refractivity contribution >= 4 is 11.3 Å². The zero-order valence-electron chi connectivity index (χ0n) is 11.4. The van der Waals surface area contributed by atoms with Crippen LogP contribution in [0.2, 0.25) is 0 Å². The van der Waals surface area contributed by atoms with Crippen LogP contribution in [-0.2, 0) is 26.3 Å². The molecule has 19 heavy (non-hydrogen) atoms. The molecule has 2 heterocycles. The normalized spacial score (nSPS) is 16.9. The Kier molecular flexibility index (Phi) is 3.71. The lowest BCUT2D eigenvalue weighted by Gasteiger charge is -2.07. The molecule has 0 bridgehead atoms. The first-order valence-electron chi connectivity index (χ1n) is 7.08. The molecule has 1 aliphatic rings. The molecule has 0 saturated carbocycles. The summed E-state index contributed by atoms with van der Waals surface area (Å²) in [5.74, 6) is 0. The number of rotatable bonds is 3. The van der Waals surface area contributed by atoms with Crippen LogP contribution in [0, 0.1) is 0 Å². The van der Waals surface area contributed by atoms with Gasteiger partial charge in [0.1, 0.15) is 0 Å². The van der Waals surface area contributed by atoms with E-state index in [4.69, 9.17) is 5.73 Å². The maximum absolute atomic E-state index is 6.35. The topological polar surface area (TPSA) is 43.8 Å². The Morgan fingerprint density at radius 1 is 1.37 bits per heavy atom. The second-order valence-electron chi connectivity index (χ2n) is 5.45. The quantitative estimate of drug-likeness (QED) is 0.875. The molecular formula is C15H21N3S. The molecule has 2 N–H and O–H groups in total. The highest BCUT2D eigenvalue weighted by molar-refractivity contribution is 7.12. The van der Waals surface area contributed by atoms with Crippen molar-refractivity contribution in [3.05, 3.63) is 39.3 Å². The number of fused-ring (bicyclic) bond motifs is 1. The fourth-order valence-electron chi connectivity index (χ4n) is 2.77. The van der Waals surface area contributed by atoms with Gasteiger partial charge in [-0.3, -0.25) is 4.68 Å². The molecule has 3 nitrogen and oxygen atoms in total. The molecule has 0 amide bonds. The monoisotopic (exact) mass is 275 g/mol. The summed E-state index contributed by atoms with van der Waals surface area (Å²) >= 11 is 1.92. The number of nitrogens with zero attached hydrogens (tertiary/aromatic N) is 2. The summed E-state index contributed by atoms with van der Waals surface area (Å²) in [7, 11) is 1.95. The van der Waals surface area contributed by atoms with E-state index in [1.54, 1.807) is 10.4 Å². The van der Waals surface area contributed by atoms with Crippen molar-refractivity contribution in [1.82, 2.24) is 9.78 Å². The van der Waals surface area contributed by atoms with Crippen molar-refractivity contribution in [2.24, 2.45) is 12.8 Å². The molecule has 1 atom stereocenters. The van der Waals surface area contributed by atoms with Crippen LogP contribution in [0.15, 0.2) is 18.3 Å². The Balaban J connectivity index is 1.74. The van der Waals surface area contributed by atoms with E-state index in [0.717, 1.165) is 12.1 Å². The second kappa shape index (κ2) is 5.47. The summed E-state index contributed by atoms with van der Waals surface area (Å²) in [4.78, 5) is 2.90. The standard InChI is InChI=1S/C15H21N3S/c1-18-8-7-12(17-18)10-13(16)15-9-11-5-3-2-4-6-14(11)19-15/h7-9,13H,2-6,10,16H2,1H3. The minimum absolute atomic E-state index is 0.0897. The predicted molar refractivity (Wildman–Crippen MR) is 79.4 cm³/mol. The first-order valence-corrected chi connectivity index (χ1v) is 7.89. The molecule has 4 heteroatoms. The van der Waals surface area contributed by atoms with E-state index in [2.05, 4.69) is 17.2 Å². The van der Waals surface area contributed by atoms with Crippen LogP contribution in [0.3, 0.4) is 0 Å². The Bertz CT molecular complexity index is 532. The summed E-state index contributed by atoms with van der Waals surface area (Å²) in [5.41, 5.74) is 8.98. The van der Waals surface area contributed by atoms with Gasteiger partial charge in [-0.1, -0.05) is 6.42 Å². The van der Waals surface area contributed by atoms with Crippen molar-refractivity contribution < 1.29 is 0 Å². The highest BCUT2D eigenvalue weighted by Crippen LogP contribution is 2.32. The third kappa shape index (κ3) is 2.90. The van der Waals surface area contributed by atoms with Gasteiger partial charge in [0.2, 0.25) is 0 Å². The van der Waals surface area contributed by atoms with E-state index >= 15 is 0 Å². The molecule has 0 saturated heterocycles. The predicted octanol–water partition coefficient (Wildman–Crippen LogP) is 2.99. The van der Waals surface area contributed by atoms with Crippen LogP contribution in [0.25, 0.3) is 0 Å². The van der Waals surface area contributed by atoms with Gasteiger partial charge in [-0.15, -0.1) is 11.3 Å². The summed E-state index contributed by atoms with van der Waals surface area (Å²) in [6.07, 6.45) is 9.34. The molecule has 0 aromatic carbocycles. The lowest BCUT2D eigenvalue weighted by atomic mass is 10.1. The molecular weight excluding hydrogens is 254 g/mol. The first-order chi connectivity index (χ1) is 9.22. The summed E-state index contributed by atoms with van der Waals surface area (Å²) in [6, 6.07) is 4.49. The van der Waals surface area contributed by atoms with E-state index < -0.39 is 0 Å². The van der Waals surface area contributed by atoms with Crippen LogP contribution < -0.4 is 5.73 Å². The maximum Gasteiger partial charge on any atom is 0.0643 e. The van der Waals surface area contributed by atoms with Gasteiger partial charge in [-0.2, -0.15) is 5.10 Å². The van der Waals surface area contributed by atoms with Crippen LogP contribution in [-0.4, -0.2) is 9.78 Å². The summed E-state index contributed by atoms with van der Waals surface area (Å²) in [6.45, 7) is 0. The maximum atomic E-state index is 6.35. The van der Waals surface area contributed by atoms with E-state index in [9.17, 15) is 0 Å². The minimum Gasteiger partial charge on any atom is -0.323 e. The van der Waals surface area contributed by atoms with Crippen LogP contribution in [0.5, 0.6) is 0 Å². The molecule has 0 aliphatic heterocycles. The van der Waals surface area contributed by atoms with Crippen molar-refractivity contribution in [2.75, 3.05) is 0 Å². The smallest absolute Gasteiger partial charge is 0.0643 e. The van der Waals surface area contributed by atoms with Gasteiger partial charge in [-0.05, 0) is 43.4 Å². The lowest BCUT2D eigenvalue weighted by molar-refractivity contribution is 0.681. The fourth-order valence-corrected chi connectivity index (χ4v) is 4.03. The highest BCUT2D eigenvalue weighted by atomic mass is 32.1. The lowest BCUT2D eigenvalue weighted by Crippen LogP contribution is -2.12. The number of hydrogen-bond donors (Lipinski definition) is 1. The third-order valence-electron chi connectivity index (χ3n) is 3.83. The fraction of sp³-hybridized carbons (Fsp3) is 0.533. The molecule has 0 fully saturated rings. The molecule has 0 radical (unpaired) electrons. The van der Waals surface area contributed by atoms with E-state index in [-0.39, 0.29) is 6.04 Å². The average molecular weight is 275 g/mol. The Morgan fingerprint density at radius 2 is 2.21 bits per heavy atom. The zero-order chi connectivity index (χ0) is 13.2. The Morgan fingerprint density at radius 3 is 3.00 bits per heavy atom. The van der Waals surface area contributed by atoms with E-state index in [1.807, 2.05) is 29.3 Å². The number of nitrogens with two attached hydrogens (primary N) is 1. The van der Waals surface area contributed by atoms with Gasteiger partial charge >= 0.3 is 0 Å². The molecule has 0 spiro atoms. The van der Waals surface area contributed by atoms with Gasteiger partial charge in [0.05, 0.1) is 5.69 Å². The minimum atomic E-state index is 0.0897. The number of hydrogen-bond acceptors (Lipinski definition) is 3.